The van der Waals surface area contributed by atoms with Crippen molar-refractivity contribution in [2.45, 2.75) is 51.5 Å². The summed E-state index contributed by atoms with van der Waals surface area (Å²) in [6.07, 6.45) is 3.99. The van der Waals surface area contributed by atoms with Crippen molar-refractivity contribution in [3.05, 3.63) is 35.9 Å². The maximum Gasteiger partial charge on any atom is 0.317 e. The molecule has 136 valence electrons. The summed E-state index contributed by atoms with van der Waals surface area (Å²) in [6.45, 7) is 5.85. The highest BCUT2D eigenvalue weighted by molar-refractivity contribution is 5.78. The maximum atomic E-state index is 12.5. The van der Waals surface area contributed by atoms with E-state index in [1.54, 1.807) is 0 Å². The van der Waals surface area contributed by atoms with Crippen LogP contribution in [0.1, 0.15) is 51.0 Å². The van der Waals surface area contributed by atoms with Crippen molar-refractivity contribution < 1.29 is 9.59 Å². The minimum Gasteiger partial charge on any atom is -0.354 e. The van der Waals surface area contributed by atoms with Crippen LogP contribution in [0.3, 0.4) is 0 Å². The van der Waals surface area contributed by atoms with Crippen LogP contribution in [0.4, 0.5) is 4.79 Å². The molecule has 1 aliphatic heterocycles. The Kier molecular flexibility index (Phi) is 5.30. The number of amides is 3. The van der Waals surface area contributed by atoms with Crippen LogP contribution in [0.5, 0.6) is 0 Å². The van der Waals surface area contributed by atoms with Gasteiger partial charge in [0.2, 0.25) is 5.91 Å². The van der Waals surface area contributed by atoms with Crippen LogP contribution in [-0.4, -0.2) is 42.5 Å². The van der Waals surface area contributed by atoms with Crippen molar-refractivity contribution in [1.82, 2.24) is 15.5 Å². The number of urea groups is 1. The Morgan fingerprint density at radius 3 is 2.56 bits per heavy atom. The molecule has 1 unspecified atom stereocenters. The number of nitrogens with zero attached hydrogens (tertiary/aromatic N) is 1. The number of hydrogen-bond acceptors (Lipinski definition) is 2. The summed E-state index contributed by atoms with van der Waals surface area (Å²) in [5.41, 5.74) is 1.60. The molecule has 0 radical (unpaired) electrons. The Hall–Kier alpha value is -2.04. The SMILES string of the molecule is CC(C)NC(=O)CCNC(=O)N1CC(c2ccccc2)C2(CCC2)C1. The van der Waals surface area contributed by atoms with E-state index in [0.29, 0.717) is 18.9 Å². The summed E-state index contributed by atoms with van der Waals surface area (Å²) in [4.78, 5) is 26.2. The molecular weight excluding hydrogens is 314 g/mol. The van der Waals surface area contributed by atoms with Crippen molar-refractivity contribution in [2.75, 3.05) is 19.6 Å². The molecule has 1 aromatic rings. The first-order chi connectivity index (χ1) is 12.0. The number of carbonyl (C=O) groups is 2. The second-order valence-corrected chi connectivity index (χ2v) is 7.76. The molecule has 0 bridgehead atoms. The van der Waals surface area contributed by atoms with Gasteiger partial charge in [0.1, 0.15) is 0 Å². The van der Waals surface area contributed by atoms with Crippen LogP contribution < -0.4 is 10.6 Å². The van der Waals surface area contributed by atoms with E-state index in [4.69, 9.17) is 0 Å². The van der Waals surface area contributed by atoms with Gasteiger partial charge in [0, 0.05) is 38.0 Å². The fourth-order valence-corrected chi connectivity index (χ4v) is 4.19. The Labute approximate surface area is 150 Å². The third-order valence-corrected chi connectivity index (χ3v) is 5.56. The lowest BCUT2D eigenvalue weighted by atomic mass is 9.61. The van der Waals surface area contributed by atoms with Gasteiger partial charge >= 0.3 is 6.03 Å². The lowest BCUT2D eigenvalue weighted by molar-refractivity contribution is -0.121. The average molecular weight is 343 g/mol. The predicted octanol–water partition coefficient (Wildman–Crippen LogP) is 2.88. The van der Waals surface area contributed by atoms with E-state index in [9.17, 15) is 9.59 Å². The monoisotopic (exact) mass is 343 g/mol. The Morgan fingerprint density at radius 1 is 1.24 bits per heavy atom. The Bertz CT molecular complexity index is 611. The molecule has 2 fully saturated rings. The molecule has 1 saturated carbocycles. The van der Waals surface area contributed by atoms with E-state index >= 15 is 0 Å². The van der Waals surface area contributed by atoms with E-state index in [1.807, 2.05) is 24.8 Å². The van der Waals surface area contributed by atoms with Gasteiger partial charge in [-0.2, -0.15) is 0 Å². The molecule has 2 N–H and O–H groups in total. The van der Waals surface area contributed by atoms with E-state index in [1.165, 1.54) is 24.8 Å². The number of hydrogen-bond donors (Lipinski definition) is 2. The zero-order chi connectivity index (χ0) is 17.9. The van der Waals surface area contributed by atoms with E-state index < -0.39 is 0 Å². The molecule has 1 atom stereocenters. The molecule has 0 aromatic heterocycles. The smallest absolute Gasteiger partial charge is 0.317 e. The molecule has 25 heavy (non-hydrogen) atoms. The summed E-state index contributed by atoms with van der Waals surface area (Å²) in [5.74, 6) is 0.409. The first-order valence-corrected chi connectivity index (χ1v) is 9.37. The summed E-state index contributed by atoms with van der Waals surface area (Å²) in [7, 11) is 0. The van der Waals surface area contributed by atoms with Gasteiger partial charge in [-0.15, -0.1) is 0 Å². The van der Waals surface area contributed by atoms with Gasteiger partial charge in [-0.25, -0.2) is 4.79 Å². The Balaban J connectivity index is 1.55. The van der Waals surface area contributed by atoms with Gasteiger partial charge in [0.05, 0.1) is 0 Å². The highest BCUT2D eigenvalue weighted by atomic mass is 16.2. The van der Waals surface area contributed by atoms with Crippen LogP contribution in [-0.2, 0) is 4.79 Å². The first kappa shape index (κ1) is 17.8. The van der Waals surface area contributed by atoms with Gasteiger partial charge in [0.25, 0.3) is 0 Å². The highest BCUT2D eigenvalue weighted by Gasteiger charge is 2.51. The number of benzene rings is 1. The van der Waals surface area contributed by atoms with E-state index in [0.717, 1.165) is 13.1 Å². The van der Waals surface area contributed by atoms with Gasteiger partial charge in [-0.3, -0.25) is 4.79 Å². The van der Waals surface area contributed by atoms with Gasteiger partial charge in [-0.1, -0.05) is 36.8 Å². The summed E-state index contributed by atoms with van der Waals surface area (Å²) in [5, 5.41) is 5.75. The number of carbonyl (C=O) groups excluding carboxylic acids is 2. The summed E-state index contributed by atoms with van der Waals surface area (Å²) >= 11 is 0. The third-order valence-electron chi connectivity index (χ3n) is 5.56. The quantitative estimate of drug-likeness (QED) is 0.863. The number of likely N-dealkylation sites (tertiary alicyclic amines) is 1. The normalized spacial score (nSPS) is 21.2. The molecule has 1 aromatic carbocycles. The summed E-state index contributed by atoms with van der Waals surface area (Å²) in [6, 6.07) is 10.7. The summed E-state index contributed by atoms with van der Waals surface area (Å²) < 4.78 is 0. The molecule has 5 nitrogen and oxygen atoms in total. The lowest BCUT2D eigenvalue weighted by Gasteiger charge is -2.43. The number of rotatable bonds is 5. The standard InChI is InChI=1S/C20H29N3O2/c1-15(2)22-18(24)9-12-21-19(25)23-13-17(16-7-4-3-5-8-16)20(14-23)10-6-11-20/h3-5,7-8,15,17H,6,9-14H2,1-2H3,(H,21,25)(H,22,24). The van der Waals surface area contributed by atoms with Crippen molar-refractivity contribution in [3.8, 4) is 0 Å². The van der Waals surface area contributed by atoms with Gasteiger partial charge in [-0.05, 0) is 37.7 Å². The third kappa shape index (κ3) is 3.97. The average Bonchev–Trinajstić information content (AvgIpc) is 2.96. The second-order valence-electron chi connectivity index (χ2n) is 7.76. The molecule has 1 saturated heterocycles. The largest absolute Gasteiger partial charge is 0.354 e. The molecule has 2 aliphatic rings. The van der Waals surface area contributed by atoms with Gasteiger partial charge < -0.3 is 15.5 Å². The van der Waals surface area contributed by atoms with Crippen LogP contribution in [0.15, 0.2) is 30.3 Å². The zero-order valence-electron chi connectivity index (χ0n) is 15.3. The van der Waals surface area contributed by atoms with Crippen molar-refractivity contribution in [3.63, 3.8) is 0 Å². The molecule has 3 amide bonds. The molecule has 1 aliphatic carbocycles. The van der Waals surface area contributed by atoms with Crippen molar-refractivity contribution in [2.24, 2.45) is 5.41 Å². The minimum atomic E-state index is -0.0398. The van der Waals surface area contributed by atoms with Crippen LogP contribution in [0.25, 0.3) is 0 Å². The maximum absolute atomic E-state index is 12.5. The topological polar surface area (TPSA) is 61.4 Å². The fraction of sp³-hybridized carbons (Fsp3) is 0.600. The van der Waals surface area contributed by atoms with Crippen LogP contribution in [0.2, 0.25) is 0 Å². The number of nitrogens with one attached hydrogen (secondary N) is 2. The molecule has 1 spiro atoms. The highest BCUT2D eigenvalue weighted by Crippen LogP contribution is 2.55. The van der Waals surface area contributed by atoms with Crippen LogP contribution >= 0.6 is 0 Å². The van der Waals surface area contributed by atoms with E-state index in [-0.39, 0.29) is 23.4 Å². The minimum absolute atomic E-state index is 0.0191. The fourth-order valence-electron chi connectivity index (χ4n) is 4.19. The lowest BCUT2D eigenvalue weighted by Crippen LogP contribution is -2.42. The van der Waals surface area contributed by atoms with Gasteiger partial charge in [0.15, 0.2) is 0 Å². The molecular formula is C20H29N3O2. The predicted molar refractivity (Wildman–Crippen MR) is 98.3 cm³/mol. The van der Waals surface area contributed by atoms with Crippen LogP contribution in [0, 0.1) is 5.41 Å². The molecule has 1 heterocycles. The molecule has 3 rings (SSSR count). The van der Waals surface area contributed by atoms with Crippen molar-refractivity contribution >= 4 is 11.9 Å². The molecule has 5 heteroatoms. The second kappa shape index (κ2) is 7.46. The zero-order valence-corrected chi connectivity index (χ0v) is 15.3. The Morgan fingerprint density at radius 2 is 1.96 bits per heavy atom. The van der Waals surface area contributed by atoms with E-state index in [2.05, 4.69) is 34.9 Å². The first-order valence-electron chi connectivity index (χ1n) is 9.37. The van der Waals surface area contributed by atoms with Crippen molar-refractivity contribution in [1.29, 1.82) is 0 Å².